The Kier molecular flexibility index (Phi) is 4.53. The van der Waals surface area contributed by atoms with E-state index in [0.717, 1.165) is 29.3 Å². The number of ketones is 1. The van der Waals surface area contributed by atoms with Gasteiger partial charge in [0.15, 0.2) is 5.78 Å². The summed E-state index contributed by atoms with van der Waals surface area (Å²) in [5, 5.41) is 1.58. The monoisotopic (exact) mass is 325 g/mol. The highest BCUT2D eigenvalue weighted by molar-refractivity contribution is 6.31. The maximum Gasteiger partial charge on any atom is 0.195 e. The first-order valence-corrected chi connectivity index (χ1v) is 8.39. The van der Waals surface area contributed by atoms with Crippen LogP contribution in [-0.4, -0.2) is 10.4 Å². The van der Waals surface area contributed by atoms with Crippen molar-refractivity contribution in [2.75, 3.05) is 0 Å². The van der Waals surface area contributed by atoms with Crippen LogP contribution in [-0.2, 0) is 0 Å². The van der Waals surface area contributed by atoms with Crippen LogP contribution in [0, 0.1) is 0 Å². The number of benzene rings is 2. The fourth-order valence-corrected chi connectivity index (χ4v) is 3.28. The van der Waals surface area contributed by atoms with Crippen LogP contribution in [0.15, 0.2) is 54.7 Å². The number of fused-ring (bicyclic) bond motifs is 1. The number of hydrogen-bond donors (Lipinski definition) is 0. The Morgan fingerprint density at radius 1 is 1.17 bits per heavy atom. The highest BCUT2D eigenvalue weighted by Gasteiger charge is 2.18. The Morgan fingerprint density at radius 3 is 2.70 bits per heavy atom. The number of carbonyl (C=O) groups excluding carboxylic acids is 1. The second-order valence-electron chi connectivity index (χ2n) is 5.94. The SMILES string of the molecule is CCCC(C)n1cc(C(=O)c2cccc(Cl)c2)c2ccccc21. The van der Waals surface area contributed by atoms with Gasteiger partial charge in [-0.15, -0.1) is 0 Å². The zero-order chi connectivity index (χ0) is 16.4. The molecule has 118 valence electrons. The van der Waals surface area contributed by atoms with Crippen LogP contribution < -0.4 is 0 Å². The Morgan fingerprint density at radius 2 is 1.96 bits per heavy atom. The van der Waals surface area contributed by atoms with Gasteiger partial charge in [0.1, 0.15) is 0 Å². The molecule has 3 aromatic rings. The molecule has 0 bridgehead atoms. The lowest BCUT2D eigenvalue weighted by Gasteiger charge is -2.13. The van der Waals surface area contributed by atoms with Gasteiger partial charge in [0.25, 0.3) is 0 Å². The third-order valence-electron chi connectivity index (χ3n) is 4.25. The molecule has 0 aliphatic heterocycles. The van der Waals surface area contributed by atoms with Crippen molar-refractivity contribution >= 4 is 28.3 Å². The third kappa shape index (κ3) is 3.04. The quantitative estimate of drug-likeness (QED) is 0.536. The molecule has 0 saturated carbocycles. The molecule has 3 rings (SSSR count). The van der Waals surface area contributed by atoms with Crippen molar-refractivity contribution in [3.05, 3.63) is 70.9 Å². The number of halogens is 1. The molecule has 3 heteroatoms. The molecule has 0 saturated heterocycles. The van der Waals surface area contributed by atoms with Crippen LogP contribution in [0.3, 0.4) is 0 Å². The molecule has 0 N–H and O–H groups in total. The first-order chi connectivity index (χ1) is 11.1. The van der Waals surface area contributed by atoms with E-state index in [1.807, 2.05) is 36.5 Å². The molecule has 0 radical (unpaired) electrons. The molecule has 1 unspecified atom stereocenters. The summed E-state index contributed by atoms with van der Waals surface area (Å²) < 4.78 is 2.22. The molecular weight excluding hydrogens is 306 g/mol. The van der Waals surface area contributed by atoms with E-state index in [2.05, 4.69) is 24.5 Å². The average Bonchev–Trinajstić information content (AvgIpc) is 2.94. The smallest absolute Gasteiger partial charge is 0.195 e. The van der Waals surface area contributed by atoms with Crippen LogP contribution >= 0.6 is 11.6 Å². The van der Waals surface area contributed by atoms with Crippen LogP contribution in [0.25, 0.3) is 10.9 Å². The Labute approximate surface area is 141 Å². The standard InChI is InChI=1S/C20H20ClNO/c1-3-7-14(2)22-13-18(17-10-4-5-11-19(17)22)20(23)15-8-6-9-16(21)12-15/h4-6,8-14H,3,7H2,1-2H3. The van der Waals surface area contributed by atoms with Crippen molar-refractivity contribution in [2.24, 2.45) is 0 Å². The number of carbonyl (C=O) groups is 1. The van der Waals surface area contributed by atoms with Crippen molar-refractivity contribution in [3.63, 3.8) is 0 Å². The van der Waals surface area contributed by atoms with Crippen LogP contribution in [0.1, 0.15) is 48.7 Å². The summed E-state index contributed by atoms with van der Waals surface area (Å²) in [4.78, 5) is 12.9. The molecule has 0 amide bonds. The molecule has 2 aromatic carbocycles. The Bertz CT molecular complexity index is 850. The summed E-state index contributed by atoms with van der Waals surface area (Å²) in [7, 11) is 0. The van der Waals surface area contributed by atoms with Crippen LogP contribution in [0.4, 0.5) is 0 Å². The number of para-hydroxylation sites is 1. The van der Waals surface area contributed by atoms with E-state index < -0.39 is 0 Å². The van der Waals surface area contributed by atoms with Crippen LogP contribution in [0.2, 0.25) is 5.02 Å². The molecule has 1 atom stereocenters. The summed E-state index contributed by atoms with van der Waals surface area (Å²) in [6.07, 6.45) is 4.20. The minimum Gasteiger partial charge on any atom is -0.344 e. The van der Waals surface area contributed by atoms with E-state index in [0.29, 0.717) is 16.6 Å². The molecule has 0 spiro atoms. The van der Waals surface area contributed by atoms with E-state index >= 15 is 0 Å². The zero-order valence-electron chi connectivity index (χ0n) is 13.4. The minimum absolute atomic E-state index is 0.0196. The minimum atomic E-state index is 0.0196. The fraction of sp³-hybridized carbons (Fsp3) is 0.250. The van der Waals surface area contributed by atoms with Gasteiger partial charge in [0.05, 0.1) is 0 Å². The van der Waals surface area contributed by atoms with Gasteiger partial charge in [-0.1, -0.05) is 55.3 Å². The van der Waals surface area contributed by atoms with E-state index in [-0.39, 0.29) is 5.78 Å². The summed E-state index contributed by atoms with van der Waals surface area (Å²) in [5.41, 5.74) is 2.48. The van der Waals surface area contributed by atoms with Crippen LogP contribution in [0.5, 0.6) is 0 Å². The van der Waals surface area contributed by atoms with E-state index in [1.165, 1.54) is 0 Å². The maximum atomic E-state index is 12.9. The van der Waals surface area contributed by atoms with Crippen molar-refractivity contribution < 1.29 is 4.79 Å². The maximum absolute atomic E-state index is 12.9. The number of hydrogen-bond acceptors (Lipinski definition) is 1. The lowest BCUT2D eigenvalue weighted by atomic mass is 10.0. The van der Waals surface area contributed by atoms with Gasteiger partial charge in [0, 0.05) is 39.3 Å². The number of rotatable bonds is 5. The third-order valence-corrected chi connectivity index (χ3v) is 4.49. The molecule has 2 nitrogen and oxygen atoms in total. The summed E-state index contributed by atoms with van der Waals surface area (Å²) in [5.74, 6) is 0.0196. The Balaban J connectivity index is 2.12. The van der Waals surface area contributed by atoms with Gasteiger partial charge in [0.2, 0.25) is 0 Å². The first-order valence-electron chi connectivity index (χ1n) is 8.01. The number of nitrogens with zero attached hydrogens (tertiary/aromatic N) is 1. The Hall–Kier alpha value is -2.06. The van der Waals surface area contributed by atoms with Crippen molar-refractivity contribution in [1.82, 2.24) is 4.57 Å². The fourth-order valence-electron chi connectivity index (χ4n) is 3.09. The number of aromatic nitrogens is 1. The molecule has 1 heterocycles. The van der Waals surface area contributed by atoms with Crippen molar-refractivity contribution in [1.29, 1.82) is 0 Å². The summed E-state index contributed by atoms with van der Waals surface area (Å²) >= 11 is 6.03. The normalized spacial score (nSPS) is 12.5. The summed E-state index contributed by atoms with van der Waals surface area (Å²) in [6.45, 7) is 4.38. The van der Waals surface area contributed by atoms with Gasteiger partial charge in [-0.2, -0.15) is 0 Å². The van der Waals surface area contributed by atoms with Gasteiger partial charge >= 0.3 is 0 Å². The van der Waals surface area contributed by atoms with E-state index in [4.69, 9.17) is 11.6 Å². The van der Waals surface area contributed by atoms with E-state index in [9.17, 15) is 4.79 Å². The van der Waals surface area contributed by atoms with Gasteiger partial charge in [-0.25, -0.2) is 0 Å². The lowest BCUT2D eigenvalue weighted by molar-refractivity contribution is 0.104. The molecule has 1 aromatic heterocycles. The topological polar surface area (TPSA) is 22.0 Å². The molecule has 0 aliphatic rings. The summed E-state index contributed by atoms with van der Waals surface area (Å²) in [6, 6.07) is 15.6. The van der Waals surface area contributed by atoms with Crippen molar-refractivity contribution in [3.8, 4) is 0 Å². The molecule has 0 fully saturated rings. The highest BCUT2D eigenvalue weighted by atomic mass is 35.5. The second-order valence-corrected chi connectivity index (χ2v) is 6.38. The predicted octanol–water partition coefficient (Wildman–Crippen LogP) is 5.89. The molecule has 23 heavy (non-hydrogen) atoms. The first kappa shape index (κ1) is 15.8. The molecular formula is C20H20ClNO. The highest BCUT2D eigenvalue weighted by Crippen LogP contribution is 2.28. The lowest BCUT2D eigenvalue weighted by Crippen LogP contribution is -2.04. The van der Waals surface area contributed by atoms with Gasteiger partial charge in [-0.05, 0) is 31.5 Å². The second kappa shape index (κ2) is 6.59. The molecule has 0 aliphatic carbocycles. The average molecular weight is 326 g/mol. The van der Waals surface area contributed by atoms with E-state index in [1.54, 1.807) is 12.1 Å². The zero-order valence-corrected chi connectivity index (χ0v) is 14.2. The predicted molar refractivity (Wildman–Crippen MR) is 96.4 cm³/mol. The van der Waals surface area contributed by atoms with Gasteiger partial charge < -0.3 is 4.57 Å². The van der Waals surface area contributed by atoms with Crippen molar-refractivity contribution in [2.45, 2.75) is 32.7 Å². The largest absolute Gasteiger partial charge is 0.344 e. The van der Waals surface area contributed by atoms with Gasteiger partial charge in [-0.3, -0.25) is 4.79 Å².